The Labute approximate surface area is 180 Å². The van der Waals surface area contributed by atoms with E-state index in [1.165, 1.54) is 0 Å². The van der Waals surface area contributed by atoms with E-state index in [4.69, 9.17) is 21.1 Å². The molecule has 2 N–H and O–H groups in total. The minimum Gasteiger partial charge on any atom is -0.363 e. The Morgan fingerprint density at radius 3 is 2.70 bits per heavy atom. The summed E-state index contributed by atoms with van der Waals surface area (Å²) in [4.78, 5) is 13.3. The summed E-state index contributed by atoms with van der Waals surface area (Å²) in [5, 5.41) is 17.0. The molecule has 0 spiro atoms. The Balaban J connectivity index is 1.97. The van der Waals surface area contributed by atoms with E-state index in [9.17, 15) is 5.26 Å². The summed E-state index contributed by atoms with van der Waals surface area (Å²) in [5.74, 6) is 1.01. The van der Waals surface area contributed by atoms with Gasteiger partial charge in [0.1, 0.15) is 11.0 Å². The third-order valence-electron chi connectivity index (χ3n) is 4.82. The van der Waals surface area contributed by atoms with Crippen LogP contribution in [0.3, 0.4) is 0 Å². The molecule has 1 aromatic carbocycles. The Hall–Kier alpha value is -2.99. The number of benzene rings is 1. The summed E-state index contributed by atoms with van der Waals surface area (Å²) in [6.45, 7) is 4.32. The lowest BCUT2D eigenvalue weighted by molar-refractivity contribution is -0.0914. The number of aromatic nitrogens is 3. The van der Waals surface area contributed by atoms with Crippen molar-refractivity contribution in [1.82, 2.24) is 15.0 Å². The van der Waals surface area contributed by atoms with Crippen LogP contribution in [-0.4, -0.2) is 42.0 Å². The van der Waals surface area contributed by atoms with Crippen LogP contribution in [-0.2, 0) is 9.47 Å². The van der Waals surface area contributed by atoms with Crippen LogP contribution in [0.1, 0.15) is 29.7 Å². The van der Waals surface area contributed by atoms with Crippen molar-refractivity contribution < 1.29 is 9.47 Å². The third-order valence-corrected chi connectivity index (χ3v) is 5.02. The van der Waals surface area contributed by atoms with E-state index in [0.717, 1.165) is 16.5 Å². The second-order valence-corrected chi connectivity index (χ2v) is 7.09. The van der Waals surface area contributed by atoms with Gasteiger partial charge in [-0.2, -0.15) is 10.2 Å². The maximum Gasteiger partial charge on any atom is 0.225 e. The highest BCUT2D eigenvalue weighted by Crippen LogP contribution is 2.29. The second kappa shape index (κ2) is 9.67. The zero-order valence-electron chi connectivity index (χ0n) is 17.2. The molecule has 0 aliphatic heterocycles. The number of nitrogens with one attached hydrogen (secondary N) is 2. The van der Waals surface area contributed by atoms with Crippen molar-refractivity contribution in [1.29, 1.82) is 5.26 Å². The maximum atomic E-state index is 9.33. The molecule has 0 amide bonds. The summed E-state index contributed by atoms with van der Waals surface area (Å²) < 4.78 is 10.4. The topological polar surface area (TPSA) is 105 Å². The van der Waals surface area contributed by atoms with Gasteiger partial charge in [0, 0.05) is 19.6 Å². The molecule has 156 valence electrons. The number of rotatable bonds is 8. The van der Waals surface area contributed by atoms with Gasteiger partial charge in [0.2, 0.25) is 5.95 Å². The van der Waals surface area contributed by atoms with E-state index in [2.05, 4.69) is 31.7 Å². The fourth-order valence-corrected chi connectivity index (χ4v) is 3.32. The van der Waals surface area contributed by atoms with Crippen LogP contribution in [0.25, 0.3) is 10.9 Å². The fraction of sp³-hybridized carbons (Fsp3) is 0.333. The average molecular weight is 427 g/mol. The van der Waals surface area contributed by atoms with Gasteiger partial charge in [0.15, 0.2) is 6.29 Å². The lowest BCUT2D eigenvalue weighted by Gasteiger charge is -2.20. The van der Waals surface area contributed by atoms with Crippen LogP contribution in [0.15, 0.2) is 30.5 Å². The molecule has 2 heterocycles. The SMILES string of the molecule is COC(CNc1nc(NC(C)c2cccc(C#N)c2C)c2cc(Cl)ncc2n1)OC. The quantitative estimate of drug-likeness (QED) is 0.410. The van der Waals surface area contributed by atoms with Crippen molar-refractivity contribution in [3.63, 3.8) is 0 Å². The number of anilines is 2. The molecule has 0 bridgehead atoms. The predicted molar refractivity (Wildman–Crippen MR) is 117 cm³/mol. The van der Waals surface area contributed by atoms with Gasteiger partial charge in [-0.05, 0) is 37.1 Å². The molecule has 1 atom stereocenters. The molecule has 0 saturated carbocycles. The molecular weight excluding hydrogens is 404 g/mol. The van der Waals surface area contributed by atoms with Crippen molar-refractivity contribution >= 4 is 34.3 Å². The number of halogens is 1. The zero-order valence-corrected chi connectivity index (χ0v) is 18.0. The molecule has 30 heavy (non-hydrogen) atoms. The van der Waals surface area contributed by atoms with Crippen molar-refractivity contribution in [2.45, 2.75) is 26.2 Å². The molecule has 1 unspecified atom stereocenters. The number of methoxy groups -OCH3 is 2. The number of nitrogens with zero attached hydrogens (tertiary/aromatic N) is 4. The maximum absolute atomic E-state index is 9.33. The molecule has 0 aliphatic carbocycles. The number of hydrogen-bond acceptors (Lipinski definition) is 8. The first-order chi connectivity index (χ1) is 14.5. The van der Waals surface area contributed by atoms with E-state index in [0.29, 0.717) is 34.5 Å². The first-order valence-corrected chi connectivity index (χ1v) is 9.73. The van der Waals surface area contributed by atoms with Gasteiger partial charge in [0.05, 0.1) is 35.9 Å². The molecule has 9 heteroatoms. The standard InChI is InChI=1S/C21H23ClN6O2/c1-12-14(9-23)6-5-7-15(12)13(2)26-20-16-8-18(22)24-10-17(16)27-21(28-20)25-11-19(29-3)30-4/h5-8,10,13,19H,11H2,1-4H3,(H2,25,26,27,28). The van der Waals surface area contributed by atoms with Gasteiger partial charge < -0.3 is 20.1 Å². The van der Waals surface area contributed by atoms with Crippen LogP contribution in [0, 0.1) is 18.3 Å². The normalized spacial score (nSPS) is 12.0. The number of pyridine rings is 1. The summed E-state index contributed by atoms with van der Waals surface area (Å²) in [7, 11) is 3.13. The number of nitriles is 1. The highest BCUT2D eigenvalue weighted by atomic mass is 35.5. The van der Waals surface area contributed by atoms with E-state index in [1.54, 1.807) is 32.5 Å². The second-order valence-electron chi connectivity index (χ2n) is 6.70. The molecular formula is C21H23ClN6O2. The first kappa shape index (κ1) is 21.7. The molecule has 0 saturated heterocycles. The minimum absolute atomic E-state index is 0.109. The lowest BCUT2D eigenvalue weighted by Crippen LogP contribution is -2.24. The van der Waals surface area contributed by atoms with Crippen LogP contribution in [0.5, 0.6) is 0 Å². The van der Waals surface area contributed by atoms with Crippen molar-refractivity contribution in [3.8, 4) is 6.07 Å². The van der Waals surface area contributed by atoms with Crippen LogP contribution in [0.4, 0.5) is 11.8 Å². The lowest BCUT2D eigenvalue weighted by atomic mass is 9.98. The Bertz CT molecular complexity index is 1080. The minimum atomic E-state index is -0.431. The smallest absolute Gasteiger partial charge is 0.225 e. The molecule has 0 fully saturated rings. The van der Waals surface area contributed by atoms with E-state index in [-0.39, 0.29) is 6.04 Å². The van der Waals surface area contributed by atoms with Crippen LogP contribution < -0.4 is 10.6 Å². The Kier molecular flexibility index (Phi) is 7.00. The number of ether oxygens (including phenoxy) is 2. The van der Waals surface area contributed by atoms with Crippen molar-refractivity contribution in [2.75, 3.05) is 31.4 Å². The Morgan fingerprint density at radius 2 is 2.00 bits per heavy atom. The van der Waals surface area contributed by atoms with E-state index >= 15 is 0 Å². The molecule has 3 aromatic rings. The van der Waals surface area contributed by atoms with Crippen LogP contribution in [0.2, 0.25) is 5.15 Å². The highest BCUT2D eigenvalue weighted by molar-refractivity contribution is 6.30. The first-order valence-electron chi connectivity index (χ1n) is 9.35. The molecule has 2 aromatic heterocycles. The third kappa shape index (κ3) is 4.76. The number of hydrogen-bond donors (Lipinski definition) is 2. The Morgan fingerprint density at radius 1 is 1.23 bits per heavy atom. The molecule has 0 radical (unpaired) electrons. The van der Waals surface area contributed by atoms with Gasteiger partial charge in [-0.15, -0.1) is 0 Å². The fourth-order valence-electron chi connectivity index (χ4n) is 3.16. The molecule has 8 nitrogen and oxygen atoms in total. The van der Waals surface area contributed by atoms with Crippen molar-refractivity contribution in [3.05, 3.63) is 52.3 Å². The molecule has 3 rings (SSSR count). The monoisotopic (exact) mass is 426 g/mol. The summed E-state index contributed by atoms with van der Waals surface area (Å²) in [6, 6.07) is 9.52. The van der Waals surface area contributed by atoms with Gasteiger partial charge in [0.25, 0.3) is 0 Å². The largest absolute Gasteiger partial charge is 0.363 e. The average Bonchev–Trinajstić information content (AvgIpc) is 2.75. The zero-order chi connectivity index (χ0) is 21.7. The highest BCUT2D eigenvalue weighted by Gasteiger charge is 2.16. The van der Waals surface area contributed by atoms with E-state index < -0.39 is 6.29 Å². The van der Waals surface area contributed by atoms with Gasteiger partial charge in [-0.25, -0.2) is 9.97 Å². The van der Waals surface area contributed by atoms with Gasteiger partial charge in [-0.1, -0.05) is 23.7 Å². The summed E-state index contributed by atoms with van der Waals surface area (Å²) in [5.41, 5.74) is 3.22. The van der Waals surface area contributed by atoms with Crippen LogP contribution >= 0.6 is 11.6 Å². The molecule has 0 aliphatic rings. The van der Waals surface area contributed by atoms with E-state index in [1.807, 2.05) is 26.0 Å². The van der Waals surface area contributed by atoms with Gasteiger partial charge in [-0.3, -0.25) is 0 Å². The van der Waals surface area contributed by atoms with Gasteiger partial charge >= 0.3 is 0 Å². The summed E-state index contributed by atoms with van der Waals surface area (Å²) >= 11 is 6.11. The number of fused-ring (bicyclic) bond motifs is 1. The predicted octanol–water partition coefficient (Wildman–Crippen LogP) is 4.06. The van der Waals surface area contributed by atoms with Crippen molar-refractivity contribution in [2.24, 2.45) is 0 Å². The summed E-state index contributed by atoms with van der Waals surface area (Å²) in [6.07, 6.45) is 1.17.